The van der Waals surface area contributed by atoms with E-state index in [1.54, 1.807) is 24.4 Å². The number of thiophene rings is 1. The highest BCUT2D eigenvalue weighted by molar-refractivity contribution is 7.12. The Balaban J connectivity index is 1.88. The fraction of sp³-hybridized carbons (Fsp3) is 0.375. The summed E-state index contributed by atoms with van der Waals surface area (Å²) in [4.78, 5) is 19.3. The summed E-state index contributed by atoms with van der Waals surface area (Å²) in [7, 11) is 1.58. The standard InChI is InChI=1S/C16H18N2O3S/c1-20-14-6-10-22-15(14)16(19)18(11-13-3-2-9-21-13)12-4-7-17-8-5-12/h4-8,10,13H,2-3,9,11H2,1H3/t13-/m0/s1. The van der Waals surface area contributed by atoms with Crippen molar-refractivity contribution in [3.63, 3.8) is 0 Å². The van der Waals surface area contributed by atoms with Gasteiger partial charge in [-0.2, -0.15) is 0 Å². The Labute approximate surface area is 133 Å². The largest absolute Gasteiger partial charge is 0.495 e. The van der Waals surface area contributed by atoms with Crippen molar-refractivity contribution in [3.8, 4) is 5.75 Å². The minimum absolute atomic E-state index is 0.0615. The first-order valence-electron chi connectivity index (χ1n) is 7.24. The van der Waals surface area contributed by atoms with Gasteiger partial charge in [0.1, 0.15) is 10.6 Å². The molecule has 1 saturated heterocycles. The highest BCUT2D eigenvalue weighted by atomic mass is 32.1. The van der Waals surface area contributed by atoms with E-state index in [0.29, 0.717) is 17.2 Å². The Morgan fingerprint density at radius 1 is 1.45 bits per heavy atom. The van der Waals surface area contributed by atoms with Gasteiger partial charge >= 0.3 is 0 Å². The zero-order valence-corrected chi connectivity index (χ0v) is 13.2. The number of anilines is 1. The number of pyridine rings is 1. The third-order valence-corrected chi connectivity index (χ3v) is 4.56. The molecule has 1 aliphatic rings. The average molecular weight is 318 g/mol. The van der Waals surface area contributed by atoms with E-state index in [1.807, 2.05) is 23.6 Å². The molecule has 1 fully saturated rings. The van der Waals surface area contributed by atoms with Crippen molar-refractivity contribution in [2.24, 2.45) is 0 Å². The van der Waals surface area contributed by atoms with Crippen molar-refractivity contribution in [1.29, 1.82) is 0 Å². The predicted molar refractivity (Wildman–Crippen MR) is 85.8 cm³/mol. The second-order valence-electron chi connectivity index (χ2n) is 5.07. The van der Waals surface area contributed by atoms with Gasteiger partial charge in [0, 0.05) is 24.7 Å². The number of hydrogen-bond donors (Lipinski definition) is 0. The Morgan fingerprint density at radius 2 is 2.27 bits per heavy atom. The molecule has 116 valence electrons. The van der Waals surface area contributed by atoms with Gasteiger partial charge < -0.3 is 14.4 Å². The molecule has 3 rings (SSSR count). The van der Waals surface area contributed by atoms with E-state index in [-0.39, 0.29) is 12.0 Å². The average Bonchev–Trinajstić information content (AvgIpc) is 3.24. The third kappa shape index (κ3) is 3.13. The van der Waals surface area contributed by atoms with Crippen molar-refractivity contribution in [2.45, 2.75) is 18.9 Å². The molecule has 0 bridgehead atoms. The van der Waals surface area contributed by atoms with E-state index in [4.69, 9.17) is 9.47 Å². The number of carbonyl (C=O) groups excluding carboxylic acids is 1. The van der Waals surface area contributed by atoms with Gasteiger partial charge in [-0.05, 0) is 36.4 Å². The molecule has 2 aromatic heterocycles. The fourth-order valence-electron chi connectivity index (χ4n) is 2.56. The minimum Gasteiger partial charge on any atom is -0.495 e. The van der Waals surface area contributed by atoms with E-state index >= 15 is 0 Å². The quantitative estimate of drug-likeness (QED) is 0.850. The summed E-state index contributed by atoms with van der Waals surface area (Å²) in [6, 6.07) is 5.49. The molecule has 1 atom stereocenters. The summed E-state index contributed by atoms with van der Waals surface area (Å²) in [5, 5.41) is 1.86. The molecule has 0 radical (unpaired) electrons. The van der Waals surface area contributed by atoms with Crippen LogP contribution in [0.1, 0.15) is 22.5 Å². The zero-order chi connectivity index (χ0) is 15.4. The lowest BCUT2D eigenvalue weighted by atomic mass is 10.2. The van der Waals surface area contributed by atoms with Gasteiger partial charge in [-0.15, -0.1) is 11.3 Å². The molecular weight excluding hydrogens is 300 g/mol. The fourth-order valence-corrected chi connectivity index (χ4v) is 3.36. The lowest BCUT2D eigenvalue weighted by Gasteiger charge is -2.25. The van der Waals surface area contributed by atoms with Gasteiger partial charge in [0.05, 0.1) is 19.8 Å². The van der Waals surface area contributed by atoms with Crippen LogP contribution in [-0.2, 0) is 4.74 Å². The molecule has 22 heavy (non-hydrogen) atoms. The number of ether oxygens (including phenoxy) is 2. The molecule has 5 nitrogen and oxygen atoms in total. The smallest absolute Gasteiger partial charge is 0.272 e. The van der Waals surface area contributed by atoms with Crippen molar-refractivity contribution in [2.75, 3.05) is 25.2 Å². The van der Waals surface area contributed by atoms with Crippen LogP contribution in [0.15, 0.2) is 36.0 Å². The van der Waals surface area contributed by atoms with Crippen LogP contribution >= 0.6 is 11.3 Å². The monoisotopic (exact) mass is 318 g/mol. The van der Waals surface area contributed by atoms with E-state index < -0.39 is 0 Å². The predicted octanol–water partition coefficient (Wildman–Crippen LogP) is 2.98. The Kier molecular flexibility index (Phi) is 4.70. The molecule has 0 saturated carbocycles. The van der Waals surface area contributed by atoms with Crippen LogP contribution in [-0.4, -0.2) is 37.3 Å². The van der Waals surface area contributed by atoms with Gasteiger partial charge in [0.25, 0.3) is 5.91 Å². The highest BCUT2D eigenvalue weighted by Gasteiger charge is 2.27. The van der Waals surface area contributed by atoms with E-state index in [2.05, 4.69) is 4.98 Å². The summed E-state index contributed by atoms with van der Waals surface area (Å²) in [5.41, 5.74) is 0.825. The maximum Gasteiger partial charge on any atom is 0.272 e. The van der Waals surface area contributed by atoms with E-state index in [9.17, 15) is 4.79 Å². The Bertz CT molecular complexity index is 623. The van der Waals surface area contributed by atoms with Crippen molar-refractivity contribution >= 4 is 22.9 Å². The van der Waals surface area contributed by atoms with Crippen LogP contribution in [0.25, 0.3) is 0 Å². The molecule has 0 N–H and O–H groups in total. The summed E-state index contributed by atoms with van der Waals surface area (Å²) in [6.07, 6.45) is 5.50. The number of amides is 1. The zero-order valence-electron chi connectivity index (χ0n) is 12.4. The van der Waals surface area contributed by atoms with Crippen LogP contribution in [0, 0.1) is 0 Å². The Hall–Kier alpha value is -1.92. The molecule has 6 heteroatoms. The van der Waals surface area contributed by atoms with Crippen LogP contribution in [0.3, 0.4) is 0 Å². The number of aromatic nitrogens is 1. The first-order chi connectivity index (χ1) is 10.8. The topological polar surface area (TPSA) is 51.7 Å². The van der Waals surface area contributed by atoms with E-state index in [1.165, 1.54) is 11.3 Å². The first-order valence-corrected chi connectivity index (χ1v) is 8.12. The number of nitrogens with zero attached hydrogens (tertiary/aromatic N) is 2. The van der Waals surface area contributed by atoms with Crippen molar-refractivity contribution in [3.05, 3.63) is 40.8 Å². The first kappa shape index (κ1) is 15.0. The number of hydrogen-bond acceptors (Lipinski definition) is 5. The lowest BCUT2D eigenvalue weighted by Crippen LogP contribution is -2.37. The number of carbonyl (C=O) groups is 1. The maximum absolute atomic E-state index is 13.0. The third-order valence-electron chi connectivity index (χ3n) is 3.67. The summed E-state index contributed by atoms with van der Waals surface area (Å²) in [6.45, 7) is 1.31. The van der Waals surface area contributed by atoms with Gasteiger partial charge in [-0.1, -0.05) is 0 Å². The molecule has 0 unspecified atom stereocenters. The highest BCUT2D eigenvalue weighted by Crippen LogP contribution is 2.29. The van der Waals surface area contributed by atoms with Gasteiger partial charge in [0.15, 0.2) is 0 Å². The molecule has 0 aliphatic carbocycles. The van der Waals surface area contributed by atoms with Crippen molar-refractivity contribution in [1.82, 2.24) is 4.98 Å². The molecule has 1 amide bonds. The number of methoxy groups -OCH3 is 1. The normalized spacial score (nSPS) is 17.4. The molecule has 3 heterocycles. The van der Waals surface area contributed by atoms with E-state index in [0.717, 1.165) is 25.1 Å². The molecule has 0 spiro atoms. The van der Waals surface area contributed by atoms with Gasteiger partial charge in [0.2, 0.25) is 0 Å². The summed E-state index contributed by atoms with van der Waals surface area (Å²) < 4.78 is 11.0. The molecular formula is C16H18N2O3S. The van der Waals surface area contributed by atoms with Crippen LogP contribution in [0.4, 0.5) is 5.69 Å². The van der Waals surface area contributed by atoms with Gasteiger partial charge in [-0.25, -0.2) is 0 Å². The Morgan fingerprint density at radius 3 is 2.95 bits per heavy atom. The lowest BCUT2D eigenvalue weighted by molar-refractivity contribution is 0.0918. The second-order valence-corrected chi connectivity index (χ2v) is 5.99. The molecule has 1 aliphatic heterocycles. The second kappa shape index (κ2) is 6.89. The molecule has 2 aromatic rings. The summed E-state index contributed by atoms with van der Waals surface area (Å²) >= 11 is 1.39. The maximum atomic E-state index is 13.0. The summed E-state index contributed by atoms with van der Waals surface area (Å²) in [5.74, 6) is 0.551. The SMILES string of the molecule is COc1ccsc1C(=O)N(C[C@@H]1CCCO1)c1ccncc1. The van der Waals surface area contributed by atoms with Crippen LogP contribution in [0.2, 0.25) is 0 Å². The minimum atomic E-state index is -0.0615. The van der Waals surface area contributed by atoms with Crippen LogP contribution in [0.5, 0.6) is 5.75 Å². The van der Waals surface area contributed by atoms with Gasteiger partial charge in [-0.3, -0.25) is 9.78 Å². The number of rotatable bonds is 5. The van der Waals surface area contributed by atoms with Crippen molar-refractivity contribution < 1.29 is 14.3 Å². The molecule has 0 aromatic carbocycles. The van der Waals surface area contributed by atoms with Crippen LogP contribution < -0.4 is 9.64 Å².